The van der Waals surface area contributed by atoms with E-state index in [1.54, 1.807) is 18.2 Å². The molecule has 3 saturated carbocycles. The second-order valence-corrected chi connectivity index (χ2v) is 25.9. The third kappa shape index (κ3) is 17.1. The first-order valence-electron chi connectivity index (χ1n) is 32.8. The molecule has 0 N–H and O–H groups in total. The fourth-order valence-electron chi connectivity index (χ4n) is 13.7. The predicted octanol–water partition coefficient (Wildman–Crippen LogP) is 26.5. The van der Waals surface area contributed by atoms with Gasteiger partial charge in [-0.05, 0) is 198 Å². The van der Waals surface area contributed by atoms with Gasteiger partial charge in [-0.1, -0.05) is 280 Å². The van der Waals surface area contributed by atoms with Crippen molar-refractivity contribution in [2.75, 3.05) is 0 Å². The lowest BCUT2D eigenvalue weighted by molar-refractivity contribution is 0.304. The Bertz CT molecular complexity index is 3390. The average Bonchev–Trinajstić information content (AvgIpc) is 3.73. The first-order valence-corrected chi connectivity index (χ1v) is 32.8. The molecule has 3 aliphatic carbocycles. The number of unbranched alkanes of at least 4 members (excludes halogenated alkanes) is 1. The number of rotatable bonds is 14. The van der Waals surface area contributed by atoms with E-state index < -0.39 is 0 Å². The van der Waals surface area contributed by atoms with Crippen LogP contribution in [0.4, 0.5) is 13.2 Å². The highest BCUT2D eigenvalue weighted by Crippen LogP contribution is 2.41. The van der Waals surface area contributed by atoms with Crippen molar-refractivity contribution in [2.24, 2.45) is 17.8 Å². The second kappa shape index (κ2) is 31.1. The van der Waals surface area contributed by atoms with Crippen LogP contribution in [0.15, 0.2) is 200 Å². The molecule has 3 heteroatoms. The minimum absolute atomic E-state index is 0. The summed E-state index contributed by atoms with van der Waals surface area (Å²) in [6.07, 6.45) is 22.2. The number of hydrogen-bond donors (Lipinski definition) is 0. The molecular formula is C84H101F3. The largest absolute Gasteiger partial charge is 0.206 e. The van der Waals surface area contributed by atoms with Crippen LogP contribution < -0.4 is 0 Å². The van der Waals surface area contributed by atoms with Gasteiger partial charge in [0.05, 0.1) is 0 Å². The molecule has 0 atom stereocenters. The van der Waals surface area contributed by atoms with E-state index in [4.69, 9.17) is 0 Å². The number of benzene rings is 9. The van der Waals surface area contributed by atoms with Crippen molar-refractivity contribution in [1.82, 2.24) is 0 Å². The number of halogens is 3. The Labute approximate surface area is 526 Å². The summed E-state index contributed by atoms with van der Waals surface area (Å²) >= 11 is 0. The van der Waals surface area contributed by atoms with Gasteiger partial charge in [0.25, 0.3) is 0 Å². The van der Waals surface area contributed by atoms with Gasteiger partial charge >= 0.3 is 0 Å². The molecule has 0 saturated heterocycles. The zero-order valence-electron chi connectivity index (χ0n) is 52.2. The molecule has 12 rings (SSSR count). The molecule has 87 heavy (non-hydrogen) atoms. The highest BCUT2D eigenvalue weighted by atomic mass is 19.1. The van der Waals surface area contributed by atoms with Gasteiger partial charge in [0.15, 0.2) is 0 Å². The van der Waals surface area contributed by atoms with Gasteiger partial charge < -0.3 is 0 Å². The smallest absolute Gasteiger partial charge is 0.131 e. The molecule has 0 unspecified atom stereocenters. The molecule has 0 spiro atoms. The molecule has 458 valence electrons. The van der Waals surface area contributed by atoms with Crippen molar-refractivity contribution in [2.45, 2.75) is 176 Å². The van der Waals surface area contributed by atoms with E-state index in [1.807, 2.05) is 111 Å². The van der Waals surface area contributed by atoms with Gasteiger partial charge in [0.1, 0.15) is 17.5 Å². The fourth-order valence-corrected chi connectivity index (χ4v) is 13.7. The standard InChI is InChI=1S/C31H37F.2C26H27F.CH4.3H2/c1-3-5-7-24-8-12-25(13-9-24)26-16-18-27(19-17-26)29-20-21-30(31(32)22-29)28-14-10-23(6-4-2)11-15-28;2*1-18-3-7-20(8-4-18)21-11-13-22(14-12-21)24-15-16-25(26(27)17-24)23-9-5-19(2)6-10-23;;;;/h10-11,14-22,24-25H,3-9,12-13H2,1-2H3;2*5-6,9-18,20H,3-4,7-8H2,1-2H3;1H4;3*1H. The maximum absolute atomic E-state index is 15.0. The SMILES string of the molecule is C.CCCCC1CCC(c2ccc(-c3ccc(-c4ccc(CCC)cc4)c(F)c3)cc2)CC1.Cc1ccc(-c2ccc(-c3ccc(C4CCC(C)CC4)cc3)cc2F)cc1.Cc1ccc(-c2ccc(-c3ccc(C4CCC(C)CC4)cc3)cc2F)cc1.[HH].[HH].[HH]. The summed E-state index contributed by atoms with van der Waals surface area (Å²) in [5, 5.41) is 0. The Morgan fingerprint density at radius 2 is 0.621 bits per heavy atom. The van der Waals surface area contributed by atoms with Crippen LogP contribution in [0.2, 0.25) is 0 Å². The molecule has 0 aliphatic heterocycles. The van der Waals surface area contributed by atoms with Crippen molar-refractivity contribution in [3.8, 4) is 66.8 Å². The monoisotopic (exact) mass is 1170 g/mol. The van der Waals surface area contributed by atoms with Crippen LogP contribution in [0.3, 0.4) is 0 Å². The zero-order valence-corrected chi connectivity index (χ0v) is 52.2. The van der Waals surface area contributed by atoms with Crippen LogP contribution >= 0.6 is 0 Å². The Morgan fingerprint density at radius 1 is 0.333 bits per heavy atom. The van der Waals surface area contributed by atoms with E-state index in [0.717, 1.165) is 80.7 Å². The van der Waals surface area contributed by atoms with Crippen LogP contribution in [-0.4, -0.2) is 0 Å². The van der Waals surface area contributed by atoms with Crippen molar-refractivity contribution in [1.29, 1.82) is 0 Å². The van der Waals surface area contributed by atoms with Crippen LogP contribution in [0, 0.1) is 49.1 Å². The van der Waals surface area contributed by atoms with E-state index in [1.165, 1.54) is 130 Å². The van der Waals surface area contributed by atoms with Gasteiger partial charge in [0, 0.05) is 21.0 Å². The molecule has 3 fully saturated rings. The maximum Gasteiger partial charge on any atom is 0.131 e. The third-order valence-electron chi connectivity index (χ3n) is 19.4. The summed E-state index contributed by atoms with van der Waals surface area (Å²) in [5.41, 5.74) is 18.8. The Balaban J connectivity index is 0.000000211. The summed E-state index contributed by atoms with van der Waals surface area (Å²) in [4.78, 5) is 0. The summed E-state index contributed by atoms with van der Waals surface area (Å²) in [6, 6.07) is 67.5. The first kappa shape index (κ1) is 64.2. The third-order valence-corrected chi connectivity index (χ3v) is 19.4. The van der Waals surface area contributed by atoms with Gasteiger partial charge in [-0.3, -0.25) is 0 Å². The molecule has 0 radical (unpaired) electrons. The van der Waals surface area contributed by atoms with E-state index in [-0.39, 0.29) is 29.2 Å². The minimum Gasteiger partial charge on any atom is -0.206 e. The van der Waals surface area contributed by atoms with Gasteiger partial charge in [-0.25, -0.2) is 13.2 Å². The quantitative estimate of drug-likeness (QED) is 0.102. The van der Waals surface area contributed by atoms with E-state index in [2.05, 4.69) is 113 Å². The van der Waals surface area contributed by atoms with Crippen LogP contribution in [0.25, 0.3) is 66.8 Å². The Hall–Kier alpha value is -7.23. The van der Waals surface area contributed by atoms with Crippen LogP contribution in [0.1, 0.15) is 193 Å². The number of hydrogen-bond acceptors (Lipinski definition) is 0. The molecular weight excluding hydrogens is 1070 g/mol. The molecule has 0 bridgehead atoms. The van der Waals surface area contributed by atoms with Gasteiger partial charge in [0.2, 0.25) is 0 Å². The lowest BCUT2D eigenvalue weighted by Gasteiger charge is -2.29. The molecule has 0 aromatic heterocycles. The van der Waals surface area contributed by atoms with Crippen molar-refractivity contribution >= 4 is 0 Å². The lowest BCUT2D eigenvalue weighted by Crippen LogP contribution is -2.13. The lowest BCUT2D eigenvalue weighted by atomic mass is 9.77. The summed E-state index contributed by atoms with van der Waals surface area (Å²) in [6.45, 7) is 13.3. The van der Waals surface area contributed by atoms with E-state index >= 15 is 0 Å². The molecule has 9 aromatic rings. The van der Waals surface area contributed by atoms with Crippen molar-refractivity contribution in [3.63, 3.8) is 0 Å². The minimum atomic E-state index is -0.165. The Kier molecular flexibility index (Phi) is 23.0. The predicted molar refractivity (Wildman–Crippen MR) is 373 cm³/mol. The summed E-state index contributed by atoms with van der Waals surface area (Å²) < 4.78 is 44.4. The highest BCUT2D eigenvalue weighted by Gasteiger charge is 2.24. The Morgan fingerprint density at radius 3 is 0.920 bits per heavy atom. The topological polar surface area (TPSA) is 0 Å². The maximum atomic E-state index is 15.0. The molecule has 3 aliphatic rings. The number of aryl methyl sites for hydroxylation is 3. The fraction of sp³-hybridized carbons (Fsp3) is 0.357. The molecule has 0 heterocycles. The first-order chi connectivity index (χ1) is 41.9. The summed E-state index contributed by atoms with van der Waals surface area (Å²) in [7, 11) is 0. The van der Waals surface area contributed by atoms with Crippen LogP contribution in [0.5, 0.6) is 0 Å². The average molecular weight is 1170 g/mol. The van der Waals surface area contributed by atoms with Crippen molar-refractivity contribution in [3.05, 3.63) is 251 Å². The summed E-state index contributed by atoms with van der Waals surface area (Å²) in [5.74, 6) is 4.27. The normalized spacial score (nSPS) is 19.1. The van der Waals surface area contributed by atoms with E-state index in [9.17, 15) is 13.2 Å². The zero-order chi connectivity index (χ0) is 59.9. The van der Waals surface area contributed by atoms with Crippen molar-refractivity contribution < 1.29 is 17.5 Å². The van der Waals surface area contributed by atoms with Gasteiger partial charge in [-0.15, -0.1) is 0 Å². The van der Waals surface area contributed by atoms with Crippen LogP contribution in [-0.2, 0) is 6.42 Å². The van der Waals surface area contributed by atoms with Gasteiger partial charge in [-0.2, -0.15) is 0 Å². The molecule has 0 amide bonds. The molecule has 9 aromatic carbocycles. The second-order valence-electron chi connectivity index (χ2n) is 25.9. The molecule has 0 nitrogen and oxygen atoms in total. The highest BCUT2D eigenvalue weighted by molar-refractivity contribution is 5.74. The van der Waals surface area contributed by atoms with E-state index in [0.29, 0.717) is 34.4 Å².